The van der Waals surface area contributed by atoms with Gasteiger partial charge in [-0.05, 0) is 51.0 Å². The van der Waals surface area contributed by atoms with Gasteiger partial charge in [0, 0.05) is 10.6 Å². The summed E-state index contributed by atoms with van der Waals surface area (Å²) in [5.41, 5.74) is 2.60. The van der Waals surface area contributed by atoms with Crippen LogP contribution in [0.25, 0.3) is 0 Å². The van der Waals surface area contributed by atoms with Gasteiger partial charge in [0.25, 0.3) is 0 Å². The van der Waals surface area contributed by atoms with E-state index in [1.54, 1.807) is 11.8 Å². The Labute approximate surface area is 108 Å². The highest BCUT2D eigenvalue weighted by molar-refractivity contribution is 7.99. The van der Waals surface area contributed by atoms with E-state index in [4.69, 9.17) is 4.74 Å². The van der Waals surface area contributed by atoms with Gasteiger partial charge in [-0.25, -0.2) is 0 Å². The van der Waals surface area contributed by atoms with Gasteiger partial charge in [0.05, 0.1) is 18.8 Å². The normalized spacial score (nSPS) is 13.1. The first-order valence-corrected chi connectivity index (χ1v) is 6.97. The Morgan fingerprint density at radius 1 is 1.24 bits per heavy atom. The standard InChI is InChI=1S/C14H22O2S/c1-10(2)16-8-13(15)9-17-14-6-5-11(3)12(4)7-14/h5-7,10,13,15H,8-9H2,1-4H3. The topological polar surface area (TPSA) is 29.5 Å². The molecule has 0 radical (unpaired) electrons. The molecule has 0 amide bonds. The largest absolute Gasteiger partial charge is 0.390 e. The second-order valence-corrected chi connectivity index (χ2v) is 5.69. The Kier molecular flexibility index (Phi) is 6.03. The Bertz CT molecular complexity index is 350. The molecule has 0 aliphatic heterocycles. The Balaban J connectivity index is 2.36. The lowest BCUT2D eigenvalue weighted by molar-refractivity contribution is 0.0152. The predicted molar refractivity (Wildman–Crippen MR) is 73.7 cm³/mol. The maximum absolute atomic E-state index is 9.74. The van der Waals surface area contributed by atoms with Gasteiger partial charge in [-0.2, -0.15) is 0 Å². The van der Waals surface area contributed by atoms with E-state index in [0.717, 1.165) is 0 Å². The fraction of sp³-hybridized carbons (Fsp3) is 0.571. The summed E-state index contributed by atoms with van der Waals surface area (Å²) in [5.74, 6) is 0.676. The van der Waals surface area contributed by atoms with Gasteiger partial charge in [0.15, 0.2) is 0 Å². The van der Waals surface area contributed by atoms with E-state index in [2.05, 4.69) is 32.0 Å². The maximum Gasteiger partial charge on any atom is 0.0867 e. The summed E-state index contributed by atoms with van der Waals surface area (Å²) in [4.78, 5) is 1.21. The van der Waals surface area contributed by atoms with Gasteiger partial charge < -0.3 is 9.84 Å². The molecule has 0 heterocycles. The zero-order valence-electron chi connectivity index (χ0n) is 11.1. The first-order valence-electron chi connectivity index (χ1n) is 5.98. The summed E-state index contributed by atoms with van der Waals surface area (Å²) in [6, 6.07) is 6.38. The summed E-state index contributed by atoms with van der Waals surface area (Å²) in [5, 5.41) is 9.74. The van der Waals surface area contributed by atoms with E-state index >= 15 is 0 Å². The van der Waals surface area contributed by atoms with Crippen LogP contribution in [0.4, 0.5) is 0 Å². The Hall–Kier alpha value is -0.510. The molecule has 0 aromatic heterocycles. The van der Waals surface area contributed by atoms with Gasteiger partial charge in [-0.3, -0.25) is 0 Å². The van der Waals surface area contributed by atoms with Gasteiger partial charge in [-0.15, -0.1) is 11.8 Å². The number of aliphatic hydroxyl groups is 1. The van der Waals surface area contributed by atoms with Crippen molar-refractivity contribution in [3.8, 4) is 0 Å². The molecule has 0 spiro atoms. The fourth-order valence-corrected chi connectivity index (χ4v) is 2.25. The minimum Gasteiger partial charge on any atom is -0.390 e. The number of aliphatic hydroxyl groups excluding tert-OH is 1. The molecule has 1 aromatic carbocycles. The minimum atomic E-state index is -0.399. The molecule has 0 bridgehead atoms. The molecule has 3 heteroatoms. The third-order valence-electron chi connectivity index (χ3n) is 2.54. The monoisotopic (exact) mass is 254 g/mol. The lowest BCUT2D eigenvalue weighted by atomic mass is 10.1. The lowest BCUT2D eigenvalue weighted by Gasteiger charge is -2.13. The van der Waals surface area contributed by atoms with Gasteiger partial charge >= 0.3 is 0 Å². The van der Waals surface area contributed by atoms with Gasteiger partial charge in [0.2, 0.25) is 0 Å². The van der Waals surface area contributed by atoms with Crippen LogP contribution in [-0.4, -0.2) is 29.7 Å². The van der Waals surface area contributed by atoms with Gasteiger partial charge in [-0.1, -0.05) is 6.07 Å². The van der Waals surface area contributed by atoms with E-state index in [1.165, 1.54) is 16.0 Å². The zero-order valence-corrected chi connectivity index (χ0v) is 11.9. The quantitative estimate of drug-likeness (QED) is 0.791. The van der Waals surface area contributed by atoms with E-state index in [1.807, 2.05) is 13.8 Å². The molecule has 1 atom stereocenters. The van der Waals surface area contributed by atoms with Crippen LogP contribution < -0.4 is 0 Å². The highest BCUT2D eigenvalue weighted by Crippen LogP contribution is 2.21. The molecule has 0 aliphatic rings. The SMILES string of the molecule is Cc1ccc(SCC(O)COC(C)C)cc1C. The number of hydrogen-bond donors (Lipinski definition) is 1. The second kappa shape index (κ2) is 7.04. The van der Waals surface area contributed by atoms with Crippen LogP contribution in [0.2, 0.25) is 0 Å². The van der Waals surface area contributed by atoms with Crippen molar-refractivity contribution in [2.24, 2.45) is 0 Å². The molecule has 1 aromatic rings. The van der Waals surface area contributed by atoms with E-state index in [0.29, 0.717) is 12.4 Å². The molecule has 2 nitrogen and oxygen atoms in total. The van der Waals surface area contributed by atoms with Crippen molar-refractivity contribution in [1.82, 2.24) is 0 Å². The third kappa shape index (κ3) is 5.57. The van der Waals surface area contributed by atoms with Gasteiger partial charge in [0.1, 0.15) is 0 Å². The van der Waals surface area contributed by atoms with Crippen molar-refractivity contribution >= 4 is 11.8 Å². The third-order valence-corrected chi connectivity index (χ3v) is 3.68. The first kappa shape index (κ1) is 14.6. The number of benzene rings is 1. The molecule has 17 heavy (non-hydrogen) atoms. The van der Waals surface area contributed by atoms with E-state index in [-0.39, 0.29) is 6.10 Å². The van der Waals surface area contributed by atoms with E-state index in [9.17, 15) is 5.11 Å². The van der Waals surface area contributed by atoms with Crippen molar-refractivity contribution in [2.75, 3.05) is 12.4 Å². The highest BCUT2D eigenvalue weighted by Gasteiger charge is 2.07. The molecule has 0 fully saturated rings. The second-order valence-electron chi connectivity index (χ2n) is 4.59. The number of hydrogen-bond acceptors (Lipinski definition) is 3. The van der Waals surface area contributed by atoms with Crippen molar-refractivity contribution in [1.29, 1.82) is 0 Å². The molecule has 1 unspecified atom stereocenters. The van der Waals surface area contributed by atoms with Crippen LogP contribution in [0, 0.1) is 13.8 Å². The molecule has 1 rings (SSSR count). The lowest BCUT2D eigenvalue weighted by Crippen LogP contribution is -2.20. The van der Waals surface area contributed by atoms with Crippen molar-refractivity contribution in [3.05, 3.63) is 29.3 Å². The number of aryl methyl sites for hydroxylation is 2. The molecule has 96 valence electrons. The highest BCUT2D eigenvalue weighted by atomic mass is 32.2. The molecular formula is C14H22O2S. The van der Waals surface area contributed by atoms with Crippen LogP contribution in [-0.2, 0) is 4.74 Å². The molecule has 0 saturated heterocycles. The minimum absolute atomic E-state index is 0.177. The van der Waals surface area contributed by atoms with Crippen LogP contribution in [0.5, 0.6) is 0 Å². The van der Waals surface area contributed by atoms with Crippen LogP contribution in [0.1, 0.15) is 25.0 Å². The summed E-state index contributed by atoms with van der Waals surface area (Å²) < 4.78 is 5.37. The number of thioether (sulfide) groups is 1. The number of rotatable bonds is 6. The average Bonchev–Trinajstić information content (AvgIpc) is 2.28. The molecular weight excluding hydrogens is 232 g/mol. The fourth-order valence-electron chi connectivity index (χ4n) is 1.35. The van der Waals surface area contributed by atoms with Crippen LogP contribution in [0.3, 0.4) is 0 Å². The summed E-state index contributed by atoms with van der Waals surface area (Å²) in [7, 11) is 0. The number of ether oxygens (including phenoxy) is 1. The Morgan fingerprint density at radius 2 is 1.94 bits per heavy atom. The maximum atomic E-state index is 9.74. The molecule has 0 saturated carbocycles. The van der Waals surface area contributed by atoms with Crippen LogP contribution in [0.15, 0.2) is 23.1 Å². The summed E-state index contributed by atoms with van der Waals surface area (Å²) >= 11 is 1.67. The molecule has 1 N–H and O–H groups in total. The van der Waals surface area contributed by atoms with E-state index < -0.39 is 6.10 Å². The zero-order chi connectivity index (χ0) is 12.8. The van der Waals surface area contributed by atoms with Crippen molar-refractivity contribution < 1.29 is 9.84 Å². The summed E-state index contributed by atoms with van der Waals surface area (Å²) in [6.45, 7) is 8.58. The summed E-state index contributed by atoms with van der Waals surface area (Å²) in [6.07, 6.45) is -0.222. The average molecular weight is 254 g/mol. The van der Waals surface area contributed by atoms with Crippen LogP contribution >= 0.6 is 11.8 Å². The van der Waals surface area contributed by atoms with Crippen molar-refractivity contribution in [3.63, 3.8) is 0 Å². The predicted octanol–water partition coefficient (Wildman–Crippen LogP) is 3.18. The Morgan fingerprint density at radius 3 is 2.53 bits per heavy atom. The molecule has 0 aliphatic carbocycles. The first-order chi connectivity index (χ1) is 7.99. The van der Waals surface area contributed by atoms with Crippen molar-refractivity contribution in [2.45, 2.75) is 44.8 Å². The smallest absolute Gasteiger partial charge is 0.0867 e.